The molecular formula is C16H22N2OS. The van der Waals surface area contributed by atoms with Crippen LogP contribution in [-0.2, 0) is 11.2 Å². The Bertz CT molecular complexity index is 457. The molecule has 2 N–H and O–H groups in total. The number of rotatable bonds is 8. The first-order valence-electron chi connectivity index (χ1n) is 7.10. The van der Waals surface area contributed by atoms with Gasteiger partial charge in [0.15, 0.2) is 5.17 Å². The standard InChI is InChI=1S/C16H22N2OS/c17-16-18-12-15(13-20-16)8-4-5-10-19-11-9-14-6-2-1-3-7-14/h1-3,6-7,12H,4-5,8-11,13H2,(H2,17,18). The minimum absolute atomic E-state index is 0.679. The maximum Gasteiger partial charge on any atom is 0.158 e. The van der Waals surface area contributed by atoms with Gasteiger partial charge in [-0.2, -0.15) is 0 Å². The van der Waals surface area contributed by atoms with E-state index in [-0.39, 0.29) is 0 Å². The number of hydrogen-bond donors (Lipinski definition) is 1. The second-order valence-corrected chi connectivity index (χ2v) is 5.84. The predicted octanol–water partition coefficient (Wildman–Crippen LogP) is 3.36. The third kappa shape index (κ3) is 5.80. The third-order valence-corrected chi connectivity index (χ3v) is 4.11. The van der Waals surface area contributed by atoms with Crippen molar-refractivity contribution in [2.24, 2.45) is 10.7 Å². The summed E-state index contributed by atoms with van der Waals surface area (Å²) in [6.45, 7) is 1.65. The molecule has 1 aliphatic heterocycles. The number of benzene rings is 1. The molecule has 0 aliphatic carbocycles. The first kappa shape index (κ1) is 15.1. The molecule has 0 radical (unpaired) electrons. The van der Waals surface area contributed by atoms with Gasteiger partial charge in [-0.3, -0.25) is 0 Å². The van der Waals surface area contributed by atoms with E-state index in [1.807, 2.05) is 12.3 Å². The minimum atomic E-state index is 0.679. The fourth-order valence-electron chi connectivity index (χ4n) is 2.03. The van der Waals surface area contributed by atoms with Crippen molar-refractivity contribution in [2.75, 3.05) is 19.0 Å². The van der Waals surface area contributed by atoms with E-state index in [9.17, 15) is 0 Å². The van der Waals surface area contributed by atoms with Gasteiger partial charge in [0.1, 0.15) is 0 Å². The molecule has 2 rings (SSSR count). The van der Waals surface area contributed by atoms with E-state index in [0.29, 0.717) is 5.17 Å². The van der Waals surface area contributed by atoms with Crippen LogP contribution in [0.25, 0.3) is 0 Å². The summed E-state index contributed by atoms with van der Waals surface area (Å²) < 4.78 is 5.67. The molecule has 0 spiro atoms. The van der Waals surface area contributed by atoms with Crippen LogP contribution in [0.4, 0.5) is 0 Å². The lowest BCUT2D eigenvalue weighted by molar-refractivity contribution is 0.133. The highest BCUT2D eigenvalue weighted by atomic mass is 32.2. The van der Waals surface area contributed by atoms with Crippen LogP contribution in [0.3, 0.4) is 0 Å². The largest absolute Gasteiger partial charge is 0.381 e. The Morgan fingerprint density at radius 3 is 2.70 bits per heavy atom. The highest BCUT2D eigenvalue weighted by Gasteiger charge is 2.05. The summed E-state index contributed by atoms with van der Waals surface area (Å²) in [6, 6.07) is 10.5. The average molecular weight is 290 g/mol. The minimum Gasteiger partial charge on any atom is -0.381 e. The Morgan fingerprint density at radius 1 is 1.10 bits per heavy atom. The summed E-state index contributed by atoms with van der Waals surface area (Å²) in [5.74, 6) is 0.990. The number of amidine groups is 1. The maximum atomic E-state index is 5.67. The number of thioether (sulfide) groups is 1. The molecule has 1 aliphatic rings. The van der Waals surface area contributed by atoms with Crippen LogP contribution in [-0.4, -0.2) is 24.1 Å². The SMILES string of the molecule is NC1=NC=C(CCCCOCCc2ccccc2)CS1. The quantitative estimate of drug-likeness (QED) is 0.747. The van der Waals surface area contributed by atoms with Crippen LogP contribution in [0.2, 0.25) is 0 Å². The smallest absolute Gasteiger partial charge is 0.158 e. The lowest BCUT2D eigenvalue weighted by Gasteiger charge is -2.10. The number of nitrogens with zero attached hydrogens (tertiary/aromatic N) is 1. The molecule has 20 heavy (non-hydrogen) atoms. The highest BCUT2D eigenvalue weighted by Crippen LogP contribution is 2.18. The van der Waals surface area contributed by atoms with Gasteiger partial charge in [0.25, 0.3) is 0 Å². The van der Waals surface area contributed by atoms with Crippen molar-refractivity contribution in [2.45, 2.75) is 25.7 Å². The monoisotopic (exact) mass is 290 g/mol. The van der Waals surface area contributed by atoms with E-state index in [1.54, 1.807) is 11.8 Å². The highest BCUT2D eigenvalue weighted by molar-refractivity contribution is 8.14. The molecule has 1 aromatic carbocycles. The number of hydrogen-bond acceptors (Lipinski definition) is 4. The van der Waals surface area contributed by atoms with Gasteiger partial charge < -0.3 is 10.5 Å². The molecule has 1 aromatic rings. The normalized spacial score (nSPS) is 14.8. The van der Waals surface area contributed by atoms with Gasteiger partial charge in [0.2, 0.25) is 0 Å². The van der Waals surface area contributed by atoms with Crippen LogP contribution in [0.5, 0.6) is 0 Å². The van der Waals surface area contributed by atoms with Crippen molar-refractivity contribution >= 4 is 16.9 Å². The van der Waals surface area contributed by atoms with Crippen molar-refractivity contribution in [3.05, 3.63) is 47.7 Å². The van der Waals surface area contributed by atoms with Crippen LogP contribution in [0, 0.1) is 0 Å². The second-order valence-electron chi connectivity index (χ2n) is 4.85. The zero-order valence-electron chi connectivity index (χ0n) is 11.8. The Hall–Kier alpha value is -1.26. The first-order valence-corrected chi connectivity index (χ1v) is 8.09. The number of nitrogens with two attached hydrogens (primary N) is 1. The average Bonchev–Trinajstić information content (AvgIpc) is 2.49. The van der Waals surface area contributed by atoms with Gasteiger partial charge in [-0.05, 0) is 36.8 Å². The molecule has 108 valence electrons. The van der Waals surface area contributed by atoms with Crippen molar-refractivity contribution in [3.8, 4) is 0 Å². The van der Waals surface area contributed by atoms with Gasteiger partial charge in [-0.1, -0.05) is 42.1 Å². The Morgan fingerprint density at radius 2 is 1.95 bits per heavy atom. The fourth-order valence-corrected chi connectivity index (χ4v) is 2.71. The molecule has 0 unspecified atom stereocenters. The summed E-state index contributed by atoms with van der Waals surface area (Å²) in [4.78, 5) is 4.14. The molecule has 1 heterocycles. The fraction of sp³-hybridized carbons (Fsp3) is 0.438. The molecule has 0 saturated heterocycles. The lowest BCUT2D eigenvalue weighted by atomic mass is 10.1. The summed E-state index contributed by atoms with van der Waals surface area (Å²) in [5, 5.41) is 0.679. The van der Waals surface area contributed by atoms with Crippen molar-refractivity contribution < 1.29 is 4.74 Å². The van der Waals surface area contributed by atoms with Crippen LogP contribution < -0.4 is 5.73 Å². The van der Waals surface area contributed by atoms with E-state index in [2.05, 4.69) is 29.3 Å². The molecule has 3 nitrogen and oxygen atoms in total. The number of aliphatic imine (C=N–C) groups is 1. The van der Waals surface area contributed by atoms with Gasteiger partial charge in [-0.15, -0.1) is 0 Å². The number of ether oxygens (including phenoxy) is 1. The van der Waals surface area contributed by atoms with E-state index in [1.165, 1.54) is 11.1 Å². The van der Waals surface area contributed by atoms with E-state index < -0.39 is 0 Å². The predicted molar refractivity (Wildman–Crippen MR) is 87.0 cm³/mol. The molecule has 4 heteroatoms. The van der Waals surface area contributed by atoms with Gasteiger partial charge in [-0.25, -0.2) is 4.99 Å². The summed E-state index contributed by atoms with van der Waals surface area (Å²) in [7, 11) is 0. The molecule has 0 amide bonds. The van der Waals surface area contributed by atoms with E-state index in [0.717, 1.165) is 44.6 Å². The zero-order valence-corrected chi connectivity index (χ0v) is 12.6. The summed E-state index contributed by atoms with van der Waals surface area (Å²) in [6.07, 6.45) is 6.29. The Labute approximate surface area is 125 Å². The van der Waals surface area contributed by atoms with Crippen molar-refractivity contribution in [1.29, 1.82) is 0 Å². The molecule has 0 fully saturated rings. The van der Waals surface area contributed by atoms with Gasteiger partial charge in [0, 0.05) is 18.6 Å². The van der Waals surface area contributed by atoms with Crippen LogP contribution in [0.1, 0.15) is 24.8 Å². The number of unbranched alkanes of at least 4 members (excludes halogenated alkanes) is 1. The molecular weight excluding hydrogens is 268 g/mol. The summed E-state index contributed by atoms with van der Waals surface area (Å²) in [5.41, 5.74) is 8.33. The zero-order chi connectivity index (χ0) is 14.0. The summed E-state index contributed by atoms with van der Waals surface area (Å²) >= 11 is 1.62. The first-order chi connectivity index (χ1) is 9.84. The second kappa shape index (κ2) is 8.82. The maximum absolute atomic E-state index is 5.67. The van der Waals surface area contributed by atoms with Crippen LogP contribution >= 0.6 is 11.8 Å². The lowest BCUT2D eigenvalue weighted by Crippen LogP contribution is -2.10. The van der Waals surface area contributed by atoms with Crippen LogP contribution in [0.15, 0.2) is 47.1 Å². The van der Waals surface area contributed by atoms with Gasteiger partial charge in [0.05, 0.1) is 6.61 Å². The molecule has 0 atom stereocenters. The van der Waals surface area contributed by atoms with E-state index in [4.69, 9.17) is 10.5 Å². The van der Waals surface area contributed by atoms with E-state index >= 15 is 0 Å². The molecule has 0 aromatic heterocycles. The van der Waals surface area contributed by atoms with Crippen molar-refractivity contribution in [1.82, 2.24) is 0 Å². The van der Waals surface area contributed by atoms with Gasteiger partial charge >= 0.3 is 0 Å². The molecule has 0 bridgehead atoms. The third-order valence-electron chi connectivity index (χ3n) is 3.19. The molecule has 0 saturated carbocycles. The Balaban J connectivity index is 1.48. The topological polar surface area (TPSA) is 47.6 Å². The Kier molecular flexibility index (Phi) is 6.68. The van der Waals surface area contributed by atoms with Crippen molar-refractivity contribution in [3.63, 3.8) is 0 Å².